The van der Waals surface area contributed by atoms with Gasteiger partial charge in [-0.15, -0.1) is 0 Å². The van der Waals surface area contributed by atoms with Crippen molar-refractivity contribution in [3.05, 3.63) is 206 Å². The van der Waals surface area contributed by atoms with Crippen LogP contribution in [0.1, 0.15) is 0 Å². The maximum Gasteiger partial charge on any atom is 0.164 e. The zero-order valence-corrected chi connectivity index (χ0v) is 31.8. The third kappa shape index (κ3) is 5.31. The molecule has 12 aromatic rings. The number of rotatable bonds is 6. The number of hydrogen-bond donors (Lipinski definition) is 0. The molecule has 276 valence electrons. The molecule has 0 atom stereocenters. The number of para-hydroxylation sites is 3. The maximum atomic E-state index is 5.02. The van der Waals surface area contributed by atoms with Gasteiger partial charge in [-0.05, 0) is 78.9 Å². The van der Waals surface area contributed by atoms with E-state index in [9.17, 15) is 0 Å². The smallest absolute Gasteiger partial charge is 0.164 e. The van der Waals surface area contributed by atoms with Crippen molar-refractivity contribution in [3.63, 3.8) is 0 Å². The van der Waals surface area contributed by atoms with Crippen LogP contribution in [0.3, 0.4) is 0 Å². The summed E-state index contributed by atoms with van der Waals surface area (Å²) in [5.74, 6) is 1.91. The van der Waals surface area contributed by atoms with Crippen molar-refractivity contribution < 1.29 is 0 Å². The minimum Gasteiger partial charge on any atom is -0.316 e. The first-order valence-electron chi connectivity index (χ1n) is 19.9. The predicted octanol–water partition coefficient (Wildman–Crippen LogP) is 13.0. The van der Waals surface area contributed by atoms with Crippen molar-refractivity contribution in [2.75, 3.05) is 0 Å². The summed E-state index contributed by atoms with van der Waals surface area (Å²) in [4.78, 5) is 15.0. The quantitative estimate of drug-likeness (QED) is 0.170. The molecule has 0 aliphatic rings. The lowest BCUT2D eigenvalue weighted by Gasteiger charge is -2.12. The van der Waals surface area contributed by atoms with Crippen LogP contribution in [-0.2, 0) is 0 Å². The third-order valence-corrected chi connectivity index (χ3v) is 11.5. The fourth-order valence-corrected chi connectivity index (χ4v) is 8.82. The summed E-state index contributed by atoms with van der Waals surface area (Å²) in [7, 11) is 0. The van der Waals surface area contributed by atoms with Gasteiger partial charge >= 0.3 is 0 Å². The van der Waals surface area contributed by atoms with Gasteiger partial charge in [0.15, 0.2) is 17.5 Å². The highest BCUT2D eigenvalue weighted by Gasteiger charge is 2.21. The molecule has 0 N–H and O–H groups in total. The standard InChI is InChI=1S/C53H34N6/c1-5-15-35(16-6-1)51-54-52(36-17-7-2-8-18-36)56-53(55-51)37-25-27-40(28-26-37)59-49-34-48-44(41-23-13-14-24-47(41)58(48)39-21-11-4-12-22-39)33-45(49)42-29-30-46-43(50(42)59)31-32-57(46)38-19-9-3-10-20-38/h1-34H. The van der Waals surface area contributed by atoms with Gasteiger partial charge in [0.2, 0.25) is 0 Å². The van der Waals surface area contributed by atoms with E-state index in [0.29, 0.717) is 17.5 Å². The summed E-state index contributed by atoms with van der Waals surface area (Å²) >= 11 is 0. The van der Waals surface area contributed by atoms with Gasteiger partial charge in [0.25, 0.3) is 0 Å². The normalized spacial score (nSPS) is 11.7. The van der Waals surface area contributed by atoms with Crippen LogP contribution in [0.15, 0.2) is 206 Å². The summed E-state index contributed by atoms with van der Waals surface area (Å²) in [5.41, 5.74) is 11.9. The van der Waals surface area contributed by atoms with Crippen molar-refractivity contribution in [1.82, 2.24) is 28.7 Å². The molecule has 0 fully saturated rings. The summed E-state index contributed by atoms with van der Waals surface area (Å²) < 4.78 is 7.12. The van der Waals surface area contributed by atoms with Crippen LogP contribution in [0.25, 0.3) is 106 Å². The maximum absolute atomic E-state index is 5.02. The summed E-state index contributed by atoms with van der Waals surface area (Å²) in [6.45, 7) is 0. The minimum atomic E-state index is 0.628. The largest absolute Gasteiger partial charge is 0.316 e. The first kappa shape index (κ1) is 33.1. The molecule has 6 nitrogen and oxygen atoms in total. The SMILES string of the molecule is c1ccc(-c2nc(-c3ccccc3)nc(-c3ccc(-n4c5cc6c(cc5c5ccc7c(ccn7-c7ccccc7)c54)c4ccccc4n6-c4ccccc4)cc3)n2)cc1. The topological polar surface area (TPSA) is 53.5 Å². The lowest BCUT2D eigenvalue weighted by molar-refractivity contribution is 1.07. The van der Waals surface area contributed by atoms with E-state index in [1.165, 1.54) is 38.0 Å². The van der Waals surface area contributed by atoms with Gasteiger partial charge in [-0.1, -0.05) is 121 Å². The zero-order chi connectivity index (χ0) is 38.9. The van der Waals surface area contributed by atoms with E-state index in [2.05, 4.69) is 159 Å². The molecular weight excluding hydrogens is 721 g/mol. The van der Waals surface area contributed by atoms with Crippen LogP contribution in [0.2, 0.25) is 0 Å². The second-order valence-electron chi connectivity index (χ2n) is 14.9. The van der Waals surface area contributed by atoms with Crippen LogP contribution >= 0.6 is 0 Å². The van der Waals surface area contributed by atoms with Crippen LogP contribution in [-0.4, -0.2) is 28.7 Å². The molecule has 0 bridgehead atoms. The Morgan fingerprint density at radius 3 is 1.44 bits per heavy atom. The highest BCUT2D eigenvalue weighted by molar-refractivity contribution is 6.23. The number of aromatic nitrogens is 6. The summed E-state index contributed by atoms with van der Waals surface area (Å²) in [6, 6.07) is 70.5. The highest BCUT2D eigenvalue weighted by atomic mass is 15.0. The first-order chi connectivity index (χ1) is 29.3. The van der Waals surface area contributed by atoms with E-state index in [-0.39, 0.29) is 0 Å². The molecule has 0 spiro atoms. The van der Waals surface area contributed by atoms with Crippen molar-refractivity contribution in [2.24, 2.45) is 0 Å². The molecule has 0 aliphatic carbocycles. The fraction of sp³-hybridized carbons (Fsp3) is 0. The summed E-state index contributed by atoms with van der Waals surface area (Å²) in [6.07, 6.45) is 2.19. The van der Waals surface area contributed by atoms with Gasteiger partial charge in [-0.3, -0.25) is 0 Å². The van der Waals surface area contributed by atoms with Gasteiger partial charge < -0.3 is 13.7 Å². The lowest BCUT2D eigenvalue weighted by atomic mass is 10.1. The van der Waals surface area contributed by atoms with Crippen molar-refractivity contribution in [3.8, 4) is 51.2 Å². The molecule has 4 aromatic heterocycles. The van der Waals surface area contributed by atoms with Gasteiger partial charge in [-0.2, -0.15) is 0 Å². The molecule has 59 heavy (non-hydrogen) atoms. The van der Waals surface area contributed by atoms with E-state index < -0.39 is 0 Å². The average molecular weight is 755 g/mol. The molecular formula is C53H34N6. The Morgan fingerprint density at radius 1 is 0.288 bits per heavy atom. The molecule has 12 rings (SSSR count). The van der Waals surface area contributed by atoms with Crippen molar-refractivity contribution >= 4 is 54.5 Å². The molecule has 0 amide bonds. The van der Waals surface area contributed by atoms with Gasteiger partial charge in [-0.25, -0.2) is 15.0 Å². The number of fused-ring (bicyclic) bond motifs is 8. The van der Waals surface area contributed by atoms with E-state index in [1.54, 1.807) is 0 Å². The highest BCUT2D eigenvalue weighted by Crippen LogP contribution is 2.42. The Morgan fingerprint density at radius 2 is 0.797 bits per heavy atom. The second kappa shape index (κ2) is 13.3. The minimum absolute atomic E-state index is 0.628. The molecule has 0 aliphatic heterocycles. The molecule has 4 heterocycles. The molecule has 0 radical (unpaired) electrons. The van der Waals surface area contributed by atoms with Crippen molar-refractivity contribution in [1.29, 1.82) is 0 Å². The second-order valence-corrected chi connectivity index (χ2v) is 14.9. The molecule has 0 saturated carbocycles. The van der Waals surface area contributed by atoms with E-state index in [1.807, 2.05) is 60.7 Å². The van der Waals surface area contributed by atoms with Gasteiger partial charge in [0.1, 0.15) is 0 Å². The van der Waals surface area contributed by atoms with Crippen LogP contribution in [0.5, 0.6) is 0 Å². The number of hydrogen-bond acceptors (Lipinski definition) is 3. The van der Waals surface area contributed by atoms with Crippen molar-refractivity contribution in [2.45, 2.75) is 0 Å². The Hall–Kier alpha value is -8.09. The van der Waals surface area contributed by atoms with E-state index in [4.69, 9.17) is 15.0 Å². The Kier molecular flexibility index (Phi) is 7.43. The first-order valence-corrected chi connectivity index (χ1v) is 19.9. The fourth-order valence-electron chi connectivity index (χ4n) is 8.82. The van der Waals surface area contributed by atoms with Gasteiger partial charge in [0.05, 0.1) is 27.6 Å². The van der Waals surface area contributed by atoms with Crippen LogP contribution in [0, 0.1) is 0 Å². The Balaban J connectivity index is 1.11. The van der Waals surface area contributed by atoms with Crippen LogP contribution < -0.4 is 0 Å². The summed E-state index contributed by atoms with van der Waals surface area (Å²) in [5, 5.41) is 6.06. The van der Waals surface area contributed by atoms with Gasteiger partial charge in [0, 0.05) is 66.9 Å². The average Bonchev–Trinajstić information content (AvgIpc) is 3.99. The number of benzene rings is 8. The molecule has 6 heteroatoms. The molecule has 0 unspecified atom stereocenters. The predicted molar refractivity (Wildman–Crippen MR) is 242 cm³/mol. The van der Waals surface area contributed by atoms with Crippen LogP contribution in [0.4, 0.5) is 0 Å². The number of nitrogens with zero attached hydrogens (tertiary/aromatic N) is 6. The molecule has 8 aromatic carbocycles. The van der Waals surface area contributed by atoms with E-state index in [0.717, 1.165) is 50.3 Å². The monoisotopic (exact) mass is 754 g/mol. The van der Waals surface area contributed by atoms with E-state index >= 15 is 0 Å². The zero-order valence-electron chi connectivity index (χ0n) is 31.8. The Bertz CT molecular complexity index is 3450. The lowest BCUT2D eigenvalue weighted by Crippen LogP contribution is -2.00. The third-order valence-electron chi connectivity index (χ3n) is 11.5. The Labute approximate surface area is 339 Å². The molecule has 0 saturated heterocycles.